The number of aliphatic carboxylic acids is 1. The van der Waals surface area contributed by atoms with Crippen LogP contribution in [0.4, 0.5) is 4.79 Å². The Bertz CT molecular complexity index is 1380. The summed E-state index contributed by atoms with van der Waals surface area (Å²) in [4.78, 5) is 40.2. The van der Waals surface area contributed by atoms with E-state index in [0.717, 1.165) is 22.3 Å². The number of carbonyl (C=O) groups is 3. The minimum atomic E-state index is -1.34. The van der Waals surface area contributed by atoms with Gasteiger partial charge in [0.15, 0.2) is 0 Å². The Balaban J connectivity index is 1.79. The van der Waals surface area contributed by atoms with Gasteiger partial charge >= 0.3 is 12.1 Å². The fraction of sp³-hybridized carbons (Fsp3) is 0.229. The minimum absolute atomic E-state index is 0.638. The Hall–Kier alpha value is -4.91. The van der Waals surface area contributed by atoms with E-state index in [1.807, 2.05) is 121 Å². The molecule has 3 N–H and O–H groups in total. The SMILES string of the molecule is CC(C)(C)OC(=O)N[C@H](C(=O)N[C@H](C(=O)O)C(c1ccccc1)c1ccccc1)C(c1ccccc1)c1ccccc1. The van der Waals surface area contributed by atoms with E-state index in [2.05, 4.69) is 10.6 Å². The highest BCUT2D eigenvalue weighted by Gasteiger charge is 2.38. The Morgan fingerprint density at radius 3 is 1.21 bits per heavy atom. The molecule has 4 aromatic rings. The van der Waals surface area contributed by atoms with Crippen molar-refractivity contribution >= 4 is 18.0 Å². The Morgan fingerprint density at radius 2 is 0.905 bits per heavy atom. The number of amides is 2. The summed E-state index contributed by atoms with van der Waals surface area (Å²) in [6, 6.07) is 34.5. The molecule has 4 aromatic carbocycles. The van der Waals surface area contributed by atoms with Crippen LogP contribution in [-0.4, -0.2) is 40.8 Å². The second-order valence-electron chi connectivity index (χ2n) is 11.0. The predicted molar refractivity (Wildman–Crippen MR) is 162 cm³/mol. The molecule has 0 bridgehead atoms. The van der Waals surface area contributed by atoms with Crippen LogP contribution >= 0.6 is 0 Å². The Labute approximate surface area is 246 Å². The van der Waals surface area contributed by atoms with E-state index in [1.165, 1.54) is 0 Å². The summed E-state index contributed by atoms with van der Waals surface area (Å²) < 4.78 is 5.53. The van der Waals surface area contributed by atoms with Crippen molar-refractivity contribution in [2.45, 2.75) is 50.3 Å². The predicted octanol–water partition coefficient (Wildman–Crippen LogP) is 6.11. The number of nitrogens with one attached hydrogen (secondary N) is 2. The number of carbonyl (C=O) groups excluding carboxylic acids is 2. The lowest BCUT2D eigenvalue weighted by Crippen LogP contribution is -2.56. The van der Waals surface area contributed by atoms with E-state index in [1.54, 1.807) is 20.8 Å². The number of hydrogen-bond acceptors (Lipinski definition) is 4. The second kappa shape index (κ2) is 13.6. The summed E-state index contributed by atoms with van der Waals surface area (Å²) in [6.45, 7) is 5.20. The molecule has 0 spiro atoms. The van der Waals surface area contributed by atoms with E-state index in [4.69, 9.17) is 4.74 Å². The number of benzene rings is 4. The summed E-state index contributed by atoms with van der Waals surface area (Å²) in [5.41, 5.74) is 2.20. The minimum Gasteiger partial charge on any atom is -0.480 e. The van der Waals surface area contributed by atoms with Crippen molar-refractivity contribution in [3.8, 4) is 0 Å². The van der Waals surface area contributed by atoms with Gasteiger partial charge in [-0.05, 0) is 43.0 Å². The van der Waals surface area contributed by atoms with Crippen molar-refractivity contribution in [2.24, 2.45) is 0 Å². The van der Waals surface area contributed by atoms with Crippen molar-refractivity contribution in [3.05, 3.63) is 144 Å². The second-order valence-corrected chi connectivity index (χ2v) is 11.0. The summed E-state index contributed by atoms with van der Waals surface area (Å²) >= 11 is 0. The zero-order valence-corrected chi connectivity index (χ0v) is 23.9. The first-order valence-corrected chi connectivity index (χ1v) is 13.9. The molecule has 0 saturated heterocycles. The number of rotatable bonds is 10. The van der Waals surface area contributed by atoms with Gasteiger partial charge in [0.25, 0.3) is 0 Å². The van der Waals surface area contributed by atoms with Gasteiger partial charge in [0.2, 0.25) is 5.91 Å². The molecule has 2 amide bonds. The van der Waals surface area contributed by atoms with Gasteiger partial charge in [0.05, 0.1) is 0 Å². The third-order valence-corrected chi connectivity index (χ3v) is 6.82. The lowest BCUT2D eigenvalue weighted by atomic mass is 9.82. The van der Waals surface area contributed by atoms with Crippen LogP contribution in [0, 0.1) is 0 Å². The number of carboxylic acid groups (broad SMARTS) is 1. The van der Waals surface area contributed by atoms with E-state index in [-0.39, 0.29) is 0 Å². The van der Waals surface area contributed by atoms with Gasteiger partial charge in [-0.25, -0.2) is 9.59 Å². The van der Waals surface area contributed by atoms with Crippen LogP contribution in [0.1, 0.15) is 54.9 Å². The van der Waals surface area contributed by atoms with Gasteiger partial charge in [-0.2, -0.15) is 0 Å². The summed E-state index contributed by atoms with van der Waals surface area (Å²) in [6.07, 6.45) is -0.783. The number of alkyl carbamates (subject to hydrolysis) is 1. The average Bonchev–Trinajstić information content (AvgIpc) is 2.97. The van der Waals surface area contributed by atoms with Gasteiger partial charge in [-0.3, -0.25) is 4.79 Å². The molecule has 0 aliphatic carbocycles. The van der Waals surface area contributed by atoms with Crippen molar-refractivity contribution in [1.29, 1.82) is 0 Å². The number of carboxylic acids is 1. The molecule has 42 heavy (non-hydrogen) atoms. The molecule has 7 heteroatoms. The Morgan fingerprint density at radius 1 is 0.571 bits per heavy atom. The molecule has 0 heterocycles. The number of ether oxygens (including phenoxy) is 1. The molecular weight excluding hydrogens is 528 g/mol. The maximum absolute atomic E-state index is 14.3. The van der Waals surface area contributed by atoms with E-state index in [0.29, 0.717) is 0 Å². The molecular formula is C35H36N2O5. The topological polar surface area (TPSA) is 105 Å². The molecule has 0 fully saturated rings. The van der Waals surface area contributed by atoms with Gasteiger partial charge < -0.3 is 20.5 Å². The molecule has 0 aliphatic heterocycles. The zero-order chi connectivity index (χ0) is 30.1. The quantitative estimate of drug-likeness (QED) is 0.216. The molecule has 0 aromatic heterocycles. The summed E-state index contributed by atoms with van der Waals surface area (Å²) in [5, 5.41) is 16.0. The van der Waals surface area contributed by atoms with Gasteiger partial charge in [-0.15, -0.1) is 0 Å². The standard InChI is InChI=1S/C35H36N2O5/c1-35(2,3)42-34(41)37-30(28(24-16-8-4-9-17-24)25-18-10-5-11-19-25)32(38)36-31(33(39)40)29(26-20-12-6-13-21-26)27-22-14-7-15-23-27/h4-23,28-31H,1-3H3,(H,36,38)(H,37,41)(H,39,40)/t30-,31-/m0/s1. The van der Waals surface area contributed by atoms with Crippen LogP contribution in [0.25, 0.3) is 0 Å². The fourth-order valence-electron chi connectivity index (χ4n) is 5.06. The highest BCUT2D eigenvalue weighted by Crippen LogP contribution is 2.31. The molecule has 0 saturated carbocycles. The highest BCUT2D eigenvalue weighted by molar-refractivity contribution is 5.91. The van der Waals surface area contributed by atoms with Crippen LogP contribution in [0.3, 0.4) is 0 Å². The van der Waals surface area contributed by atoms with Crippen LogP contribution < -0.4 is 10.6 Å². The maximum atomic E-state index is 14.3. The highest BCUT2D eigenvalue weighted by atomic mass is 16.6. The van der Waals surface area contributed by atoms with Gasteiger partial charge in [0, 0.05) is 11.8 Å². The molecule has 7 nitrogen and oxygen atoms in total. The first-order chi connectivity index (χ1) is 20.1. The largest absolute Gasteiger partial charge is 0.480 e. The molecule has 0 aliphatic rings. The van der Waals surface area contributed by atoms with Crippen molar-refractivity contribution in [1.82, 2.24) is 10.6 Å². The zero-order valence-electron chi connectivity index (χ0n) is 23.9. The molecule has 0 radical (unpaired) electrons. The summed E-state index contributed by atoms with van der Waals surface area (Å²) in [5.74, 6) is -3.18. The molecule has 2 atom stereocenters. The Kier molecular flexibility index (Phi) is 9.76. The lowest BCUT2D eigenvalue weighted by Gasteiger charge is -2.32. The van der Waals surface area contributed by atoms with Crippen molar-refractivity contribution in [3.63, 3.8) is 0 Å². The first-order valence-electron chi connectivity index (χ1n) is 13.9. The van der Waals surface area contributed by atoms with Gasteiger partial charge in [-0.1, -0.05) is 121 Å². The van der Waals surface area contributed by atoms with Crippen LogP contribution in [-0.2, 0) is 14.3 Å². The number of hydrogen-bond donors (Lipinski definition) is 3. The van der Waals surface area contributed by atoms with Crippen molar-refractivity contribution in [2.75, 3.05) is 0 Å². The third kappa shape index (κ3) is 7.85. The lowest BCUT2D eigenvalue weighted by molar-refractivity contribution is -0.142. The first kappa shape index (κ1) is 30.1. The average molecular weight is 565 g/mol. The van der Waals surface area contributed by atoms with E-state index < -0.39 is 47.5 Å². The maximum Gasteiger partial charge on any atom is 0.408 e. The normalized spacial score (nSPS) is 12.8. The summed E-state index contributed by atoms with van der Waals surface area (Å²) in [7, 11) is 0. The molecule has 216 valence electrons. The monoisotopic (exact) mass is 564 g/mol. The van der Waals surface area contributed by atoms with E-state index in [9.17, 15) is 19.5 Å². The van der Waals surface area contributed by atoms with E-state index >= 15 is 0 Å². The fourth-order valence-corrected chi connectivity index (χ4v) is 5.06. The smallest absolute Gasteiger partial charge is 0.408 e. The molecule has 0 unspecified atom stereocenters. The molecule has 4 rings (SSSR count). The van der Waals surface area contributed by atoms with Gasteiger partial charge in [0.1, 0.15) is 17.7 Å². The van der Waals surface area contributed by atoms with Crippen LogP contribution in [0.5, 0.6) is 0 Å². The van der Waals surface area contributed by atoms with Crippen LogP contribution in [0.2, 0.25) is 0 Å². The third-order valence-electron chi connectivity index (χ3n) is 6.82. The van der Waals surface area contributed by atoms with Crippen LogP contribution in [0.15, 0.2) is 121 Å². The van der Waals surface area contributed by atoms with Crippen molar-refractivity contribution < 1.29 is 24.2 Å².